The van der Waals surface area contributed by atoms with Gasteiger partial charge >= 0.3 is 0 Å². The number of rotatable bonds is 4. The lowest BCUT2D eigenvalue weighted by Gasteiger charge is -2.37. The van der Waals surface area contributed by atoms with Crippen LogP contribution < -0.4 is 4.90 Å². The molecular formula is C25H23Cl3N4O2. The van der Waals surface area contributed by atoms with Gasteiger partial charge in [-0.2, -0.15) is 0 Å². The van der Waals surface area contributed by atoms with Gasteiger partial charge in [-0.25, -0.2) is 0 Å². The zero-order chi connectivity index (χ0) is 24.1. The smallest absolute Gasteiger partial charge is 0.264 e. The maximum absolute atomic E-state index is 13.3. The Balaban J connectivity index is 1.31. The molecular weight excluding hydrogens is 495 g/mol. The van der Waals surface area contributed by atoms with Crippen LogP contribution in [0.4, 0.5) is 5.69 Å². The molecule has 0 radical (unpaired) electrons. The third-order valence-corrected chi connectivity index (χ3v) is 7.59. The molecule has 3 aromatic rings. The van der Waals surface area contributed by atoms with Crippen molar-refractivity contribution in [2.45, 2.75) is 13.8 Å². The molecule has 34 heavy (non-hydrogen) atoms. The molecule has 9 heteroatoms. The van der Waals surface area contributed by atoms with Crippen LogP contribution >= 0.6 is 34.8 Å². The number of anilines is 1. The van der Waals surface area contributed by atoms with Crippen LogP contribution in [0.3, 0.4) is 0 Å². The van der Waals surface area contributed by atoms with Gasteiger partial charge in [0.15, 0.2) is 0 Å². The number of hydrogen-bond acceptors (Lipinski definition) is 4. The summed E-state index contributed by atoms with van der Waals surface area (Å²) in [5.74, 6) is -0.485. The van der Waals surface area contributed by atoms with E-state index in [9.17, 15) is 9.59 Å². The molecule has 3 heterocycles. The molecule has 0 N–H and O–H groups in total. The van der Waals surface area contributed by atoms with E-state index in [0.29, 0.717) is 26.2 Å². The molecule has 1 aromatic heterocycles. The summed E-state index contributed by atoms with van der Waals surface area (Å²) in [6.07, 6.45) is 0. The Hall–Kier alpha value is -2.51. The van der Waals surface area contributed by atoms with Gasteiger partial charge in [0.2, 0.25) is 0 Å². The predicted molar refractivity (Wildman–Crippen MR) is 136 cm³/mol. The number of amides is 2. The van der Waals surface area contributed by atoms with E-state index in [1.165, 1.54) is 4.90 Å². The van der Waals surface area contributed by atoms with Crippen LogP contribution in [0.25, 0.3) is 5.69 Å². The molecule has 5 rings (SSSR count). The van der Waals surface area contributed by atoms with Gasteiger partial charge in [0.1, 0.15) is 0 Å². The van der Waals surface area contributed by atoms with Crippen molar-refractivity contribution >= 4 is 52.3 Å². The summed E-state index contributed by atoms with van der Waals surface area (Å²) in [5.41, 5.74) is 4.32. The summed E-state index contributed by atoms with van der Waals surface area (Å²) in [4.78, 5) is 32.4. The molecule has 2 aliphatic rings. The molecule has 2 aliphatic heterocycles. The Bertz CT molecular complexity index is 1270. The second-order valence-electron chi connectivity index (χ2n) is 8.62. The van der Waals surface area contributed by atoms with Gasteiger partial charge in [-0.15, -0.1) is 0 Å². The Labute approximate surface area is 213 Å². The number of imide groups is 1. The van der Waals surface area contributed by atoms with Gasteiger partial charge in [0, 0.05) is 54.0 Å². The second kappa shape index (κ2) is 8.93. The first-order valence-electron chi connectivity index (χ1n) is 11.0. The molecule has 0 bridgehead atoms. The molecule has 1 saturated heterocycles. The molecule has 0 spiro atoms. The van der Waals surface area contributed by atoms with Crippen LogP contribution in [-0.4, -0.2) is 59.0 Å². The summed E-state index contributed by atoms with van der Waals surface area (Å²) >= 11 is 18.4. The largest absolute Gasteiger partial charge is 0.369 e. The van der Waals surface area contributed by atoms with Crippen molar-refractivity contribution in [3.63, 3.8) is 0 Å². The third-order valence-electron chi connectivity index (χ3n) is 6.61. The number of carbonyl (C=O) groups is 2. The summed E-state index contributed by atoms with van der Waals surface area (Å²) in [7, 11) is 0. The lowest BCUT2D eigenvalue weighted by atomic mass is 10.1. The predicted octanol–water partition coefficient (Wildman–Crippen LogP) is 5.43. The van der Waals surface area contributed by atoms with E-state index >= 15 is 0 Å². The summed E-state index contributed by atoms with van der Waals surface area (Å²) in [6.45, 7) is 7.00. The van der Waals surface area contributed by atoms with Crippen molar-refractivity contribution in [2.75, 3.05) is 37.7 Å². The van der Waals surface area contributed by atoms with Crippen LogP contribution in [0.5, 0.6) is 0 Å². The molecule has 6 nitrogen and oxygen atoms in total. The van der Waals surface area contributed by atoms with Gasteiger partial charge in [0.25, 0.3) is 11.8 Å². The van der Waals surface area contributed by atoms with Gasteiger partial charge in [0.05, 0.1) is 27.8 Å². The molecule has 176 valence electrons. The average Bonchev–Trinajstić information content (AvgIpc) is 3.22. The zero-order valence-corrected chi connectivity index (χ0v) is 21.1. The fraction of sp³-hybridized carbons (Fsp3) is 0.280. The highest BCUT2D eigenvalue weighted by Crippen LogP contribution is 2.34. The Morgan fingerprint density at radius 3 is 2.00 bits per heavy atom. The summed E-state index contributed by atoms with van der Waals surface area (Å²) < 4.78 is 1.93. The van der Waals surface area contributed by atoms with Crippen LogP contribution in [0.2, 0.25) is 15.1 Å². The minimum absolute atomic E-state index is 0.242. The number of hydrogen-bond donors (Lipinski definition) is 0. The van der Waals surface area contributed by atoms with Gasteiger partial charge in [-0.3, -0.25) is 19.4 Å². The minimum atomic E-state index is -0.242. The number of aromatic nitrogens is 1. The van der Waals surface area contributed by atoms with E-state index in [4.69, 9.17) is 34.8 Å². The first-order chi connectivity index (χ1) is 16.3. The fourth-order valence-corrected chi connectivity index (χ4v) is 5.36. The van der Waals surface area contributed by atoms with Crippen LogP contribution in [-0.2, 0) is 0 Å². The molecule has 0 saturated carbocycles. The highest BCUT2D eigenvalue weighted by Gasteiger charge is 2.42. The van der Waals surface area contributed by atoms with Crippen LogP contribution in [0, 0.1) is 13.8 Å². The van der Waals surface area contributed by atoms with Crippen molar-refractivity contribution in [3.8, 4) is 5.69 Å². The highest BCUT2D eigenvalue weighted by molar-refractivity contribution is 6.42. The summed E-state index contributed by atoms with van der Waals surface area (Å²) in [5, 5.41) is 1.66. The maximum atomic E-state index is 13.3. The number of nitrogens with zero attached hydrogens (tertiary/aromatic N) is 4. The Morgan fingerprint density at radius 1 is 0.765 bits per heavy atom. The van der Waals surface area contributed by atoms with E-state index in [-0.39, 0.29) is 18.5 Å². The molecule has 2 amide bonds. The highest BCUT2D eigenvalue weighted by atomic mass is 35.5. The lowest BCUT2D eigenvalue weighted by molar-refractivity contribution is 0.0533. The van der Waals surface area contributed by atoms with Gasteiger partial charge in [-0.1, -0.05) is 40.9 Å². The van der Waals surface area contributed by atoms with Crippen molar-refractivity contribution in [1.29, 1.82) is 0 Å². The first-order valence-corrected chi connectivity index (χ1v) is 12.2. The first kappa shape index (κ1) is 23.2. The summed E-state index contributed by atoms with van der Waals surface area (Å²) in [6, 6.07) is 13.0. The molecule has 1 fully saturated rings. The molecule has 2 aromatic carbocycles. The zero-order valence-electron chi connectivity index (χ0n) is 18.8. The third kappa shape index (κ3) is 3.89. The molecule has 0 unspecified atom stereocenters. The number of carbonyl (C=O) groups excluding carboxylic acids is 2. The SMILES string of the molecule is Cc1c2c(c(C)n1-c1cccc(Cl)c1)C(=O)N(CN1CCN(c3ccc(Cl)c(Cl)c3)CC1)C2=O. The molecule has 0 aliphatic carbocycles. The van der Waals surface area contributed by atoms with Crippen molar-refractivity contribution in [2.24, 2.45) is 0 Å². The minimum Gasteiger partial charge on any atom is -0.369 e. The van der Waals surface area contributed by atoms with Gasteiger partial charge in [-0.05, 0) is 50.2 Å². The number of halogens is 3. The average molecular weight is 518 g/mol. The van der Waals surface area contributed by atoms with E-state index in [0.717, 1.165) is 48.9 Å². The fourth-order valence-electron chi connectivity index (χ4n) is 4.88. The van der Waals surface area contributed by atoms with E-state index in [2.05, 4.69) is 9.80 Å². The van der Waals surface area contributed by atoms with E-state index in [1.54, 1.807) is 12.1 Å². The van der Waals surface area contributed by atoms with Crippen LogP contribution in [0.15, 0.2) is 42.5 Å². The number of benzene rings is 2. The Kier molecular flexibility index (Phi) is 6.10. The van der Waals surface area contributed by atoms with Crippen LogP contribution in [0.1, 0.15) is 32.1 Å². The second-order valence-corrected chi connectivity index (χ2v) is 9.87. The lowest BCUT2D eigenvalue weighted by Crippen LogP contribution is -2.51. The topological polar surface area (TPSA) is 48.8 Å². The van der Waals surface area contributed by atoms with Gasteiger partial charge < -0.3 is 9.47 Å². The van der Waals surface area contributed by atoms with E-state index in [1.807, 2.05) is 48.7 Å². The Morgan fingerprint density at radius 2 is 1.41 bits per heavy atom. The standard InChI is InChI=1S/C25H23Cl3N4O2/c1-15-22-23(16(2)32(15)19-5-3-4-17(26)12-19)25(34)31(24(22)33)14-29-8-10-30(11-9-29)18-6-7-20(27)21(28)13-18/h3-7,12-13H,8-11,14H2,1-2H3. The van der Waals surface area contributed by atoms with Crippen molar-refractivity contribution in [3.05, 3.63) is 80.0 Å². The number of piperazine rings is 1. The maximum Gasteiger partial charge on any atom is 0.264 e. The monoisotopic (exact) mass is 516 g/mol. The normalized spacial score (nSPS) is 16.5. The van der Waals surface area contributed by atoms with Crippen molar-refractivity contribution < 1.29 is 9.59 Å². The van der Waals surface area contributed by atoms with E-state index < -0.39 is 0 Å². The van der Waals surface area contributed by atoms with Crippen molar-refractivity contribution in [1.82, 2.24) is 14.4 Å². The quantitative estimate of drug-likeness (QED) is 0.433. The molecule has 0 atom stereocenters. The number of fused-ring (bicyclic) bond motifs is 1.